The Hall–Kier alpha value is -1.09. The van der Waals surface area contributed by atoms with Crippen LogP contribution < -0.4 is 10.6 Å². The normalized spacial score (nSPS) is 10.9. The fourth-order valence-electron chi connectivity index (χ4n) is 1.22. The van der Waals surface area contributed by atoms with Gasteiger partial charge in [-0.3, -0.25) is 0 Å². The van der Waals surface area contributed by atoms with Crippen LogP contribution in [0.2, 0.25) is 0 Å². The van der Waals surface area contributed by atoms with E-state index in [1.807, 2.05) is 18.2 Å². The maximum Gasteiger partial charge on any atom is 0.166 e. The van der Waals surface area contributed by atoms with Gasteiger partial charge in [-0.2, -0.15) is 0 Å². The molecule has 2 nitrogen and oxygen atoms in total. The highest BCUT2D eigenvalue weighted by Crippen LogP contribution is 2.06. The third kappa shape index (κ3) is 4.62. The van der Waals surface area contributed by atoms with Crippen molar-refractivity contribution in [2.75, 3.05) is 0 Å². The SMILES string of the molecule is CCC(C)(C)NC(=S)NCc1ccccc1. The molecule has 0 aliphatic heterocycles. The van der Waals surface area contributed by atoms with Crippen LogP contribution in [0.3, 0.4) is 0 Å². The first-order valence-corrected chi connectivity index (χ1v) is 6.04. The zero-order valence-electron chi connectivity index (χ0n) is 10.2. The summed E-state index contributed by atoms with van der Waals surface area (Å²) in [6, 6.07) is 10.2. The van der Waals surface area contributed by atoms with Crippen molar-refractivity contribution in [3.63, 3.8) is 0 Å². The highest BCUT2D eigenvalue weighted by molar-refractivity contribution is 7.80. The van der Waals surface area contributed by atoms with Crippen LogP contribution in [0.5, 0.6) is 0 Å². The summed E-state index contributed by atoms with van der Waals surface area (Å²) in [4.78, 5) is 0. The Morgan fingerprint density at radius 2 is 1.88 bits per heavy atom. The maximum atomic E-state index is 5.25. The van der Waals surface area contributed by atoms with Gasteiger partial charge in [0.1, 0.15) is 0 Å². The Kier molecular flexibility index (Phi) is 4.74. The zero-order valence-corrected chi connectivity index (χ0v) is 11.0. The summed E-state index contributed by atoms with van der Waals surface area (Å²) in [5, 5.41) is 7.22. The molecule has 1 aromatic carbocycles. The average Bonchev–Trinajstić information content (AvgIpc) is 2.27. The molecule has 0 unspecified atom stereocenters. The zero-order chi connectivity index (χ0) is 12.0. The minimum Gasteiger partial charge on any atom is -0.359 e. The van der Waals surface area contributed by atoms with Gasteiger partial charge in [-0.15, -0.1) is 0 Å². The third-order valence-corrected chi connectivity index (χ3v) is 2.88. The van der Waals surface area contributed by atoms with Crippen molar-refractivity contribution in [3.8, 4) is 0 Å². The molecule has 0 aliphatic carbocycles. The van der Waals surface area contributed by atoms with Crippen molar-refractivity contribution in [1.82, 2.24) is 10.6 Å². The summed E-state index contributed by atoms with van der Waals surface area (Å²) in [7, 11) is 0. The first kappa shape index (κ1) is 13.0. The molecule has 0 aliphatic rings. The Bertz CT molecular complexity index is 333. The standard InChI is InChI=1S/C13H20N2S/c1-4-13(2,3)15-12(16)14-10-11-8-6-5-7-9-11/h5-9H,4,10H2,1-3H3,(H2,14,15,16). The molecule has 1 rings (SSSR count). The van der Waals surface area contributed by atoms with Gasteiger partial charge in [0.05, 0.1) is 0 Å². The van der Waals surface area contributed by atoms with Gasteiger partial charge < -0.3 is 10.6 Å². The lowest BCUT2D eigenvalue weighted by Gasteiger charge is -2.26. The first-order valence-electron chi connectivity index (χ1n) is 5.63. The van der Waals surface area contributed by atoms with E-state index in [2.05, 4.69) is 43.5 Å². The predicted molar refractivity (Wildman–Crippen MR) is 73.4 cm³/mol. The second-order valence-corrected chi connectivity index (χ2v) is 4.94. The second kappa shape index (κ2) is 5.85. The van der Waals surface area contributed by atoms with E-state index in [1.165, 1.54) is 5.56 Å². The van der Waals surface area contributed by atoms with Crippen molar-refractivity contribution >= 4 is 17.3 Å². The molecule has 1 aromatic rings. The molecule has 0 saturated carbocycles. The van der Waals surface area contributed by atoms with Crippen molar-refractivity contribution < 1.29 is 0 Å². The molecule has 3 heteroatoms. The van der Waals surface area contributed by atoms with Gasteiger partial charge in [0.15, 0.2) is 5.11 Å². The van der Waals surface area contributed by atoms with E-state index >= 15 is 0 Å². The van der Waals surface area contributed by atoms with Gasteiger partial charge in [0.25, 0.3) is 0 Å². The predicted octanol–water partition coefficient (Wildman–Crippen LogP) is 2.84. The summed E-state index contributed by atoms with van der Waals surface area (Å²) in [5.41, 5.74) is 1.29. The maximum absolute atomic E-state index is 5.25. The van der Waals surface area contributed by atoms with Crippen LogP contribution in [-0.2, 0) is 6.54 Å². The van der Waals surface area contributed by atoms with E-state index in [9.17, 15) is 0 Å². The fraction of sp³-hybridized carbons (Fsp3) is 0.462. The molecule has 0 atom stereocenters. The van der Waals surface area contributed by atoms with Crippen LogP contribution in [0, 0.1) is 0 Å². The van der Waals surface area contributed by atoms with Crippen LogP contribution in [0.4, 0.5) is 0 Å². The number of rotatable bonds is 4. The number of hydrogen-bond acceptors (Lipinski definition) is 1. The first-order chi connectivity index (χ1) is 7.53. The van der Waals surface area contributed by atoms with E-state index < -0.39 is 0 Å². The number of thiocarbonyl (C=S) groups is 1. The van der Waals surface area contributed by atoms with Crippen LogP contribution in [0.15, 0.2) is 30.3 Å². The third-order valence-electron chi connectivity index (χ3n) is 2.63. The Morgan fingerprint density at radius 3 is 2.44 bits per heavy atom. The van der Waals surface area contributed by atoms with Gasteiger partial charge in [0.2, 0.25) is 0 Å². The topological polar surface area (TPSA) is 24.1 Å². The summed E-state index contributed by atoms with van der Waals surface area (Å²) in [6.45, 7) is 7.20. The molecule has 0 amide bonds. The molecule has 0 spiro atoms. The molecule has 0 saturated heterocycles. The van der Waals surface area contributed by atoms with Gasteiger partial charge in [-0.1, -0.05) is 37.3 Å². The molecule has 0 bridgehead atoms. The van der Waals surface area contributed by atoms with Crippen LogP contribution in [-0.4, -0.2) is 10.7 Å². The molecular weight excluding hydrogens is 216 g/mol. The van der Waals surface area contributed by atoms with Gasteiger partial charge in [-0.25, -0.2) is 0 Å². The molecule has 0 heterocycles. The number of hydrogen-bond donors (Lipinski definition) is 2. The van der Waals surface area contributed by atoms with Crippen LogP contribution in [0.25, 0.3) is 0 Å². The molecule has 0 fully saturated rings. The van der Waals surface area contributed by atoms with E-state index in [-0.39, 0.29) is 5.54 Å². The molecular formula is C13H20N2S. The van der Waals surface area contributed by atoms with Crippen LogP contribution in [0.1, 0.15) is 32.8 Å². The Morgan fingerprint density at radius 1 is 1.25 bits per heavy atom. The highest BCUT2D eigenvalue weighted by Gasteiger charge is 2.14. The molecule has 0 aromatic heterocycles. The molecule has 88 valence electrons. The summed E-state index contributed by atoms with van der Waals surface area (Å²) in [5.74, 6) is 0. The van der Waals surface area contributed by atoms with Gasteiger partial charge in [0, 0.05) is 12.1 Å². The van der Waals surface area contributed by atoms with E-state index in [0.29, 0.717) is 0 Å². The van der Waals surface area contributed by atoms with Crippen LogP contribution >= 0.6 is 12.2 Å². The van der Waals surface area contributed by atoms with Crippen molar-refractivity contribution in [2.24, 2.45) is 0 Å². The molecule has 2 N–H and O–H groups in total. The highest BCUT2D eigenvalue weighted by atomic mass is 32.1. The van der Waals surface area contributed by atoms with Crippen molar-refractivity contribution in [1.29, 1.82) is 0 Å². The summed E-state index contributed by atoms with van der Waals surface area (Å²) in [6.07, 6.45) is 1.04. The Balaban J connectivity index is 2.36. The smallest absolute Gasteiger partial charge is 0.166 e. The number of nitrogens with one attached hydrogen (secondary N) is 2. The molecule has 0 radical (unpaired) electrons. The molecule has 16 heavy (non-hydrogen) atoms. The number of benzene rings is 1. The minimum atomic E-state index is 0.0563. The van der Waals surface area contributed by atoms with E-state index in [0.717, 1.165) is 18.1 Å². The van der Waals surface area contributed by atoms with Crippen molar-refractivity contribution in [3.05, 3.63) is 35.9 Å². The lowest BCUT2D eigenvalue weighted by atomic mass is 10.0. The lowest BCUT2D eigenvalue weighted by molar-refractivity contribution is 0.442. The Labute approximate surface area is 103 Å². The summed E-state index contributed by atoms with van der Waals surface area (Å²) < 4.78 is 0. The van der Waals surface area contributed by atoms with E-state index in [1.54, 1.807) is 0 Å². The average molecular weight is 236 g/mol. The second-order valence-electron chi connectivity index (χ2n) is 4.53. The van der Waals surface area contributed by atoms with Gasteiger partial charge in [-0.05, 0) is 38.0 Å². The summed E-state index contributed by atoms with van der Waals surface area (Å²) >= 11 is 5.25. The fourth-order valence-corrected chi connectivity index (χ4v) is 1.57. The minimum absolute atomic E-state index is 0.0563. The monoisotopic (exact) mass is 236 g/mol. The van der Waals surface area contributed by atoms with E-state index in [4.69, 9.17) is 12.2 Å². The van der Waals surface area contributed by atoms with Gasteiger partial charge >= 0.3 is 0 Å². The largest absolute Gasteiger partial charge is 0.359 e. The quantitative estimate of drug-likeness (QED) is 0.786. The lowest BCUT2D eigenvalue weighted by Crippen LogP contribution is -2.47. The van der Waals surface area contributed by atoms with Crippen molar-refractivity contribution in [2.45, 2.75) is 39.3 Å².